The van der Waals surface area contributed by atoms with Crippen molar-refractivity contribution in [3.8, 4) is 11.5 Å². The summed E-state index contributed by atoms with van der Waals surface area (Å²) in [6, 6.07) is 19.8. The third kappa shape index (κ3) is 3.11. The van der Waals surface area contributed by atoms with Crippen molar-refractivity contribution >= 4 is 21.8 Å². The summed E-state index contributed by atoms with van der Waals surface area (Å²) in [5, 5.41) is 2.09. The number of benzene rings is 2. The molecule has 0 saturated heterocycles. The number of hydrogen-bond donors (Lipinski definition) is 0. The number of nitrogens with zero attached hydrogens (tertiary/aromatic N) is 2. The summed E-state index contributed by atoms with van der Waals surface area (Å²) >= 11 is 0. The Hall–Kier alpha value is -3.14. The van der Waals surface area contributed by atoms with Crippen molar-refractivity contribution in [2.75, 3.05) is 6.79 Å². The maximum absolute atomic E-state index is 5.84. The van der Waals surface area contributed by atoms with Crippen molar-refractivity contribution in [2.45, 2.75) is 13.8 Å². The van der Waals surface area contributed by atoms with E-state index in [4.69, 9.17) is 9.47 Å². The predicted molar refractivity (Wildman–Crippen MR) is 99.1 cm³/mol. The van der Waals surface area contributed by atoms with Crippen LogP contribution in [-0.2, 0) is 0 Å². The second kappa shape index (κ2) is 6.40. The van der Waals surface area contributed by atoms with Crippen molar-refractivity contribution in [3.05, 3.63) is 72.1 Å². The van der Waals surface area contributed by atoms with Gasteiger partial charge in [-0.2, -0.15) is 0 Å². The Balaban J connectivity index is 1.57. The lowest BCUT2D eigenvalue weighted by Gasteiger charge is -2.12. The summed E-state index contributed by atoms with van der Waals surface area (Å²) < 4.78 is 11.7. The first-order chi connectivity index (χ1) is 12.2. The Morgan fingerprint density at radius 1 is 0.640 bits per heavy atom. The zero-order chi connectivity index (χ0) is 17.2. The summed E-state index contributed by atoms with van der Waals surface area (Å²) in [7, 11) is 0. The summed E-state index contributed by atoms with van der Waals surface area (Å²) in [4.78, 5) is 9.14. The largest absolute Gasteiger partial charge is 0.455 e. The van der Waals surface area contributed by atoms with Crippen LogP contribution in [0.3, 0.4) is 0 Å². The number of ether oxygens (including phenoxy) is 2. The molecule has 4 aromatic rings. The molecule has 0 fully saturated rings. The Bertz CT molecular complexity index is 975. The highest BCUT2D eigenvalue weighted by Crippen LogP contribution is 2.26. The van der Waals surface area contributed by atoms with Crippen molar-refractivity contribution in [1.29, 1.82) is 0 Å². The average Bonchev–Trinajstić information content (AvgIpc) is 2.62. The Morgan fingerprint density at radius 3 is 1.60 bits per heavy atom. The van der Waals surface area contributed by atoms with Gasteiger partial charge >= 0.3 is 0 Å². The molecule has 0 N–H and O–H groups in total. The molecule has 0 spiro atoms. The van der Waals surface area contributed by atoms with Crippen LogP contribution in [0.4, 0.5) is 0 Å². The van der Waals surface area contributed by atoms with E-state index in [1.54, 1.807) is 0 Å². The van der Waals surface area contributed by atoms with E-state index in [0.717, 1.165) is 33.2 Å². The highest BCUT2D eigenvalue weighted by molar-refractivity contribution is 5.85. The smallest absolute Gasteiger partial charge is 0.231 e. The van der Waals surface area contributed by atoms with Gasteiger partial charge in [0.1, 0.15) is 22.5 Å². The van der Waals surface area contributed by atoms with Gasteiger partial charge in [0.15, 0.2) is 0 Å². The van der Waals surface area contributed by atoms with E-state index >= 15 is 0 Å². The van der Waals surface area contributed by atoms with Crippen LogP contribution in [0.1, 0.15) is 11.4 Å². The van der Waals surface area contributed by atoms with Gasteiger partial charge in [-0.25, -0.2) is 9.97 Å². The molecule has 2 aromatic heterocycles. The van der Waals surface area contributed by atoms with Crippen molar-refractivity contribution in [1.82, 2.24) is 9.97 Å². The van der Waals surface area contributed by atoms with Crippen LogP contribution in [0.15, 0.2) is 60.7 Å². The molecule has 0 aliphatic rings. The van der Waals surface area contributed by atoms with E-state index < -0.39 is 0 Å². The molecule has 0 unspecified atom stereocenters. The van der Waals surface area contributed by atoms with Gasteiger partial charge in [-0.05, 0) is 38.1 Å². The number of fused-ring (bicyclic) bond motifs is 2. The van der Waals surface area contributed by atoms with E-state index in [9.17, 15) is 0 Å². The number of aryl methyl sites for hydroxylation is 2. The molecular weight excluding hydrogens is 312 g/mol. The highest BCUT2D eigenvalue weighted by Gasteiger charge is 2.07. The first kappa shape index (κ1) is 15.4. The minimum Gasteiger partial charge on any atom is -0.455 e. The number of hydrogen-bond acceptors (Lipinski definition) is 4. The van der Waals surface area contributed by atoms with E-state index in [-0.39, 0.29) is 6.79 Å². The van der Waals surface area contributed by atoms with Crippen LogP contribution in [0, 0.1) is 13.8 Å². The molecule has 2 aromatic carbocycles. The molecule has 0 radical (unpaired) electrons. The Morgan fingerprint density at radius 2 is 1.12 bits per heavy atom. The van der Waals surface area contributed by atoms with Crippen LogP contribution >= 0.6 is 0 Å². The van der Waals surface area contributed by atoms with Crippen molar-refractivity contribution in [2.24, 2.45) is 0 Å². The topological polar surface area (TPSA) is 44.2 Å². The second-order valence-electron chi connectivity index (χ2n) is 5.97. The van der Waals surface area contributed by atoms with Gasteiger partial charge < -0.3 is 9.47 Å². The van der Waals surface area contributed by atoms with Gasteiger partial charge in [0.05, 0.1) is 0 Å². The summed E-state index contributed by atoms with van der Waals surface area (Å²) in [6.07, 6.45) is 0. The molecule has 0 bridgehead atoms. The number of para-hydroxylation sites is 2. The van der Waals surface area contributed by atoms with E-state index in [1.807, 2.05) is 74.5 Å². The molecule has 124 valence electrons. The first-order valence-corrected chi connectivity index (χ1v) is 8.19. The number of pyridine rings is 2. The molecule has 2 heterocycles. The van der Waals surface area contributed by atoms with Gasteiger partial charge in [0, 0.05) is 22.2 Å². The lowest BCUT2D eigenvalue weighted by molar-refractivity contribution is 0.122. The average molecular weight is 330 g/mol. The molecular formula is C21H18N2O2. The SMILES string of the molecule is Cc1ccc2cccc(OCOc3cccc4ccc(C)nc34)c2n1. The standard InChI is InChI=1S/C21H18N2O2/c1-14-9-11-16-5-3-7-18(20(16)22-14)24-13-25-19-8-4-6-17-12-10-15(2)23-21(17)19/h3-12H,13H2,1-2H3. The molecule has 0 aliphatic heterocycles. The van der Waals surface area contributed by atoms with Crippen LogP contribution in [0.25, 0.3) is 21.8 Å². The predicted octanol–water partition coefficient (Wildman–Crippen LogP) is 4.82. The molecule has 0 atom stereocenters. The minimum absolute atomic E-state index is 0.101. The van der Waals surface area contributed by atoms with Crippen LogP contribution in [0.2, 0.25) is 0 Å². The maximum Gasteiger partial charge on any atom is 0.231 e. The van der Waals surface area contributed by atoms with E-state index in [1.165, 1.54) is 0 Å². The molecule has 4 nitrogen and oxygen atoms in total. The summed E-state index contributed by atoms with van der Waals surface area (Å²) in [5.41, 5.74) is 3.60. The Kier molecular flexibility index (Phi) is 3.94. The quantitative estimate of drug-likeness (QED) is 0.503. The maximum atomic E-state index is 5.84. The zero-order valence-electron chi connectivity index (χ0n) is 14.2. The highest BCUT2D eigenvalue weighted by atomic mass is 16.7. The Labute approximate surface area is 146 Å². The number of aromatic nitrogens is 2. The summed E-state index contributed by atoms with van der Waals surface area (Å²) in [5.74, 6) is 1.43. The molecule has 0 amide bonds. The fourth-order valence-electron chi connectivity index (χ4n) is 2.82. The van der Waals surface area contributed by atoms with Crippen LogP contribution in [0.5, 0.6) is 11.5 Å². The normalized spacial score (nSPS) is 11.0. The van der Waals surface area contributed by atoms with Crippen molar-refractivity contribution < 1.29 is 9.47 Å². The fourth-order valence-corrected chi connectivity index (χ4v) is 2.82. The van der Waals surface area contributed by atoms with Crippen LogP contribution in [-0.4, -0.2) is 16.8 Å². The van der Waals surface area contributed by atoms with Gasteiger partial charge in [0.25, 0.3) is 0 Å². The minimum atomic E-state index is 0.101. The van der Waals surface area contributed by atoms with E-state index in [2.05, 4.69) is 9.97 Å². The molecule has 4 rings (SSSR count). The van der Waals surface area contributed by atoms with Gasteiger partial charge in [-0.15, -0.1) is 0 Å². The van der Waals surface area contributed by atoms with Gasteiger partial charge in [-0.1, -0.05) is 36.4 Å². The van der Waals surface area contributed by atoms with Gasteiger partial charge in [-0.3, -0.25) is 0 Å². The first-order valence-electron chi connectivity index (χ1n) is 8.19. The van der Waals surface area contributed by atoms with Crippen LogP contribution < -0.4 is 9.47 Å². The third-order valence-electron chi connectivity index (χ3n) is 4.07. The monoisotopic (exact) mass is 330 g/mol. The summed E-state index contributed by atoms with van der Waals surface area (Å²) in [6.45, 7) is 4.04. The van der Waals surface area contributed by atoms with Gasteiger partial charge in [0.2, 0.25) is 6.79 Å². The molecule has 0 aliphatic carbocycles. The second-order valence-corrected chi connectivity index (χ2v) is 5.97. The number of rotatable bonds is 4. The molecule has 4 heteroatoms. The van der Waals surface area contributed by atoms with Crippen molar-refractivity contribution in [3.63, 3.8) is 0 Å². The van der Waals surface area contributed by atoms with E-state index in [0.29, 0.717) is 11.5 Å². The molecule has 0 saturated carbocycles. The third-order valence-corrected chi connectivity index (χ3v) is 4.07. The fraction of sp³-hybridized carbons (Fsp3) is 0.143. The molecule has 25 heavy (non-hydrogen) atoms. The zero-order valence-corrected chi connectivity index (χ0v) is 14.2. The lowest BCUT2D eigenvalue weighted by atomic mass is 10.2. The lowest BCUT2D eigenvalue weighted by Crippen LogP contribution is -2.07.